The highest BCUT2D eigenvalue weighted by Gasteiger charge is 2.25. The molecule has 0 radical (unpaired) electrons. The van der Waals surface area contributed by atoms with Crippen molar-refractivity contribution in [2.75, 3.05) is 19.0 Å². The fraction of sp³-hybridized carbons (Fsp3) is 0.391. The molecule has 0 heterocycles. The molecule has 0 unspecified atom stereocenters. The van der Waals surface area contributed by atoms with Crippen LogP contribution in [0.2, 0.25) is 0 Å². The zero-order valence-electron chi connectivity index (χ0n) is 17.0. The van der Waals surface area contributed by atoms with Gasteiger partial charge in [0.1, 0.15) is 5.82 Å². The predicted octanol–water partition coefficient (Wildman–Crippen LogP) is 3.57. The minimum atomic E-state index is -0.304. The molecule has 1 N–H and O–H groups in total. The lowest BCUT2D eigenvalue weighted by Crippen LogP contribution is -2.40. The molecule has 6 heteroatoms. The van der Waals surface area contributed by atoms with Crippen LogP contribution in [0, 0.1) is 5.82 Å². The van der Waals surface area contributed by atoms with Gasteiger partial charge in [-0.25, -0.2) is 4.39 Å². The molecule has 0 spiro atoms. The molecule has 1 aliphatic rings. The molecule has 154 valence electrons. The second-order valence-corrected chi connectivity index (χ2v) is 7.64. The number of carbonyl (C=O) groups excluding carboxylic acids is 2. The molecule has 2 aromatic carbocycles. The third-order valence-corrected chi connectivity index (χ3v) is 5.87. The molecule has 0 aliphatic heterocycles. The zero-order valence-corrected chi connectivity index (χ0v) is 17.0. The van der Waals surface area contributed by atoms with Crippen LogP contribution in [0.15, 0.2) is 42.5 Å². The van der Waals surface area contributed by atoms with Crippen molar-refractivity contribution in [3.05, 3.63) is 53.8 Å². The van der Waals surface area contributed by atoms with Crippen molar-refractivity contribution >= 4 is 18.5 Å². The van der Waals surface area contributed by atoms with Crippen LogP contribution < -0.4 is 10.2 Å². The van der Waals surface area contributed by atoms with Crippen molar-refractivity contribution in [1.82, 2.24) is 10.2 Å². The number of hydrogen-bond donors (Lipinski definition) is 1. The van der Waals surface area contributed by atoms with Crippen molar-refractivity contribution in [3.8, 4) is 11.1 Å². The minimum absolute atomic E-state index is 0.151. The van der Waals surface area contributed by atoms with E-state index in [0.717, 1.165) is 55.3 Å². The molecule has 5 nitrogen and oxygen atoms in total. The Morgan fingerprint density at radius 3 is 2.24 bits per heavy atom. The summed E-state index contributed by atoms with van der Waals surface area (Å²) in [6.07, 6.45) is 5.50. The second-order valence-electron chi connectivity index (χ2n) is 7.64. The Labute approximate surface area is 171 Å². The Balaban J connectivity index is 1.76. The topological polar surface area (TPSA) is 52.7 Å². The average Bonchev–Trinajstić information content (AvgIpc) is 2.78. The molecule has 0 atom stereocenters. The largest absolute Gasteiger partial charge is 0.338 e. The van der Waals surface area contributed by atoms with Gasteiger partial charge >= 0.3 is 0 Å². The fourth-order valence-electron chi connectivity index (χ4n) is 3.97. The summed E-state index contributed by atoms with van der Waals surface area (Å²) in [6.45, 7) is 0.268. The molecule has 1 saturated carbocycles. The van der Waals surface area contributed by atoms with Crippen molar-refractivity contribution in [1.29, 1.82) is 0 Å². The number of nitrogens with one attached hydrogen (secondary N) is 1. The third-order valence-electron chi connectivity index (χ3n) is 5.87. The fourth-order valence-corrected chi connectivity index (χ4v) is 3.97. The summed E-state index contributed by atoms with van der Waals surface area (Å²) >= 11 is 0. The van der Waals surface area contributed by atoms with Gasteiger partial charge in [-0.15, -0.1) is 0 Å². The lowest BCUT2D eigenvalue weighted by Gasteiger charge is -2.34. The van der Waals surface area contributed by atoms with Gasteiger partial charge in [-0.1, -0.05) is 18.2 Å². The number of anilines is 1. The number of hydrogen-bond acceptors (Lipinski definition) is 3. The molecule has 29 heavy (non-hydrogen) atoms. The predicted molar refractivity (Wildman–Crippen MR) is 113 cm³/mol. The highest BCUT2D eigenvalue weighted by molar-refractivity contribution is 5.76. The Morgan fingerprint density at radius 1 is 1.00 bits per heavy atom. The number of carbonyl (C=O) groups is 2. The summed E-state index contributed by atoms with van der Waals surface area (Å²) in [5.74, 6) is -0.304. The normalized spacial score (nSPS) is 18.9. The summed E-state index contributed by atoms with van der Waals surface area (Å²) in [7, 11) is 3.66. The molecular formula is C23H28FN3O2. The summed E-state index contributed by atoms with van der Waals surface area (Å²) in [4.78, 5) is 25.8. The molecular weight excluding hydrogens is 369 g/mol. The second kappa shape index (κ2) is 9.65. The van der Waals surface area contributed by atoms with Gasteiger partial charge in [0, 0.05) is 36.9 Å². The van der Waals surface area contributed by atoms with Crippen LogP contribution >= 0.6 is 0 Å². The lowest BCUT2D eigenvalue weighted by molar-refractivity contribution is -0.121. The zero-order chi connectivity index (χ0) is 20.8. The quantitative estimate of drug-likeness (QED) is 0.693. The lowest BCUT2D eigenvalue weighted by atomic mass is 9.90. The molecule has 1 fully saturated rings. The number of rotatable bonds is 8. The van der Waals surface area contributed by atoms with Gasteiger partial charge in [-0.05, 0) is 68.1 Å². The van der Waals surface area contributed by atoms with E-state index in [0.29, 0.717) is 11.6 Å². The third kappa shape index (κ3) is 5.01. The molecule has 3 rings (SSSR count). The first-order valence-corrected chi connectivity index (χ1v) is 10.0. The van der Waals surface area contributed by atoms with Gasteiger partial charge in [-0.3, -0.25) is 9.59 Å². The van der Waals surface area contributed by atoms with Gasteiger partial charge in [0.2, 0.25) is 12.8 Å². The van der Waals surface area contributed by atoms with E-state index in [-0.39, 0.29) is 18.4 Å². The Morgan fingerprint density at radius 2 is 1.66 bits per heavy atom. The minimum Gasteiger partial charge on any atom is -0.338 e. The number of halogens is 1. The number of nitrogens with zero attached hydrogens (tertiary/aromatic N) is 2. The van der Waals surface area contributed by atoms with Gasteiger partial charge in [0.25, 0.3) is 0 Å². The summed E-state index contributed by atoms with van der Waals surface area (Å²) in [5.41, 5.74) is 3.11. The van der Waals surface area contributed by atoms with Crippen LogP contribution in [0.4, 0.5) is 10.1 Å². The molecule has 1 aliphatic carbocycles. The van der Waals surface area contributed by atoms with Crippen molar-refractivity contribution in [2.24, 2.45) is 0 Å². The first-order chi connectivity index (χ1) is 14.0. The van der Waals surface area contributed by atoms with Crippen molar-refractivity contribution in [2.45, 2.75) is 44.3 Å². The summed E-state index contributed by atoms with van der Waals surface area (Å²) in [5, 5.41) is 3.29. The maximum atomic E-state index is 14.5. The maximum Gasteiger partial charge on any atom is 0.213 e. The molecule has 2 amide bonds. The summed E-state index contributed by atoms with van der Waals surface area (Å²) < 4.78 is 14.5. The first-order valence-electron chi connectivity index (χ1n) is 10.0. The van der Waals surface area contributed by atoms with Gasteiger partial charge in [0.05, 0.1) is 0 Å². The van der Waals surface area contributed by atoms with E-state index in [9.17, 15) is 14.0 Å². The van der Waals surface area contributed by atoms with Crippen LogP contribution in [0.5, 0.6) is 0 Å². The van der Waals surface area contributed by atoms with Crippen LogP contribution in [0.3, 0.4) is 0 Å². The highest BCUT2D eigenvalue weighted by Crippen LogP contribution is 2.27. The standard InChI is InChI=1S/C23H28FN3O2/c1-25-20-6-10-22(11-7-20)27(16-29)14-19-13-18(5-12-23(19)24)17-3-8-21(9-4-17)26(2)15-28/h3-5,8-9,12-13,15-16,20,22,25H,6-7,10-11,14H2,1-2H3. The van der Waals surface area contributed by atoms with E-state index < -0.39 is 0 Å². The van der Waals surface area contributed by atoms with E-state index in [2.05, 4.69) is 5.32 Å². The Hall–Kier alpha value is -2.73. The smallest absolute Gasteiger partial charge is 0.213 e. The Kier molecular flexibility index (Phi) is 6.99. The molecule has 2 aromatic rings. The van der Waals surface area contributed by atoms with Crippen molar-refractivity contribution < 1.29 is 14.0 Å². The molecule has 0 saturated heterocycles. The van der Waals surface area contributed by atoms with E-state index >= 15 is 0 Å². The monoisotopic (exact) mass is 397 g/mol. The molecule has 0 aromatic heterocycles. The van der Waals surface area contributed by atoms with Gasteiger partial charge < -0.3 is 15.1 Å². The highest BCUT2D eigenvalue weighted by atomic mass is 19.1. The average molecular weight is 397 g/mol. The van der Waals surface area contributed by atoms with Gasteiger partial charge in [0.15, 0.2) is 0 Å². The maximum absolute atomic E-state index is 14.5. The van der Waals surface area contributed by atoms with Gasteiger partial charge in [-0.2, -0.15) is 0 Å². The number of amides is 2. The summed E-state index contributed by atoms with van der Waals surface area (Å²) in [6, 6.07) is 13.2. The van der Waals surface area contributed by atoms with E-state index in [4.69, 9.17) is 0 Å². The van der Waals surface area contributed by atoms with Crippen LogP contribution in [-0.2, 0) is 16.1 Å². The van der Waals surface area contributed by atoms with Crippen LogP contribution in [0.1, 0.15) is 31.2 Å². The van der Waals surface area contributed by atoms with E-state index in [1.807, 2.05) is 37.4 Å². The van der Waals surface area contributed by atoms with E-state index in [1.54, 1.807) is 18.0 Å². The van der Waals surface area contributed by atoms with Crippen LogP contribution in [0.25, 0.3) is 11.1 Å². The van der Waals surface area contributed by atoms with Crippen LogP contribution in [-0.4, -0.2) is 43.9 Å². The SMILES string of the molecule is CNC1CCC(N(C=O)Cc2cc(-c3ccc(N(C)C=O)cc3)ccc2F)CC1. The van der Waals surface area contributed by atoms with Crippen molar-refractivity contribution in [3.63, 3.8) is 0 Å². The number of benzene rings is 2. The van der Waals surface area contributed by atoms with E-state index in [1.165, 1.54) is 11.0 Å². The Bertz CT molecular complexity index is 833. The first kappa shape index (κ1) is 21.0. The molecule has 0 bridgehead atoms.